The minimum atomic E-state index is -1.10. The van der Waals surface area contributed by atoms with E-state index in [1.165, 1.54) is 0 Å². The molecule has 2 amide bonds. The van der Waals surface area contributed by atoms with Crippen LogP contribution in [-0.2, 0) is 20.8 Å². The molecule has 1 rings (SSSR count). The van der Waals surface area contributed by atoms with Crippen molar-refractivity contribution < 1.29 is 19.5 Å². The quantitative estimate of drug-likeness (QED) is 0.517. The molecule has 0 aliphatic rings. The zero-order chi connectivity index (χ0) is 18.1. The first-order valence-electron chi connectivity index (χ1n) is 7.90. The van der Waals surface area contributed by atoms with E-state index in [2.05, 4.69) is 10.6 Å². The SMILES string of the molecule is CC(C)CC(NC(=O)C(Cc1ccccc1)NC(=O)CN)C(=O)O. The van der Waals surface area contributed by atoms with Crippen LogP contribution in [-0.4, -0.2) is 41.5 Å². The van der Waals surface area contributed by atoms with Crippen molar-refractivity contribution in [2.75, 3.05) is 6.54 Å². The monoisotopic (exact) mass is 335 g/mol. The fourth-order valence-electron chi connectivity index (χ4n) is 2.28. The highest BCUT2D eigenvalue weighted by atomic mass is 16.4. The number of carbonyl (C=O) groups excluding carboxylic acids is 2. The highest BCUT2D eigenvalue weighted by molar-refractivity contribution is 5.91. The van der Waals surface area contributed by atoms with Crippen molar-refractivity contribution in [3.05, 3.63) is 35.9 Å². The van der Waals surface area contributed by atoms with Gasteiger partial charge in [0, 0.05) is 6.42 Å². The fraction of sp³-hybridized carbons (Fsp3) is 0.471. The molecular formula is C17H25N3O4. The maximum Gasteiger partial charge on any atom is 0.326 e. The Hall–Kier alpha value is -2.41. The Morgan fingerprint density at radius 3 is 2.21 bits per heavy atom. The Bertz CT molecular complexity index is 560. The average Bonchev–Trinajstić information content (AvgIpc) is 2.53. The Morgan fingerprint density at radius 2 is 1.71 bits per heavy atom. The van der Waals surface area contributed by atoms with Gasteiger partial charge in [0.1, 0.15) is 12.1 Å². The number of carboxylic acid groups (broad SMARTS) is 1. The molecule has 5 N–H and O–H groups in total. The summed E-state index contributed by atoms with van der Waals surface area (Å²) in [5, 5.41) is 14.3. The van der Waals surface area contributed by atoms with Crippen LogP contribution in [0.1, 0.15) is 25.8 Å². The topological polar surface area (TPSA) is 122 Å². The number of rotatable bonds is 9. The summed E-state index contributed by atoms with van der Waals surface area (Å²) in [7, 11) is 0. The zero-order valence-corrected chi connectivity index (χ0v) is 14.0. The number of carboxylic acids is 1. The molecule has 0 radical (unpaired) electrons. The van der Waals surface area contributed by atoms with Crippen molar-refractivity contribution in [2.45, 2.75) is 38.8 Å². The number of aliphatic carboxylic acids is 1. The predicted molar refractivity (Wildman–Crippen MR) is 90.2 cm³/mol. The minimum Gasteiger partial charge on any atom is -0.480 e. The summed E-state index contributed by atoms with van der Waals surface area (Å²) in [5.74, 6) is -1.99. The lowest BCUT2D eigenvalue weighted by Crippen LogP contribution is -2.53. The lowest BCUT2D eigenvalue weighted by atomic mass is 10.0. The van der Waals surface area contributed by atoms with Gasteiger partial charge in [-0.1, -0.05) is 44.2 Å². The molecule has 24 heavy (non-hydrogen) atoms. The van der Waals surface area contributed by atoms with Gasteiger partial charge in [0.25, 0.3) is 0 Å². The second-order valence-electron chi connectivity index (χ2n) is 6.04. The molecule has 0 bridgehead atoms. The largest absolute Gasteiger partial charge is 0.480 e. The summed E-state index contributed by atoms with van der Waals surface area (Å²) in [6.07, 6.45) is 0.566. The molecule has 0 aliphatic heterocycles. The van der Waals surface area contributed by atoms with E-state index in [0.29, 0.717) is 6.42 Å². The molecule has 7 heteroatoms. The van der Waals surface area contributed by atoms with Crippen LogP contribution in [0.15, 0.2) is 30.3 Å². The first-order valence-corrected chi connectivity index (χ1v) is 7.90. The molecule has 7 nitrogen and oxygen atoms in total. The van der Waals surface area contributed by atoms with Gasteiger partial charge in [0.15, 0.2) is 0 Å². The molecule has 0 aliphatic carbocycles. The van der Waals surface area contributed by atoms with Gasteiger partial charge < -0.3 is 21.5 Å². The van der Waals surface area contributed by atoms with E-state index in [1.54, 1.807) is 0 Å². The average molecular weight is 335 g/mol. The van der Waals surface area contributed by atoms with Gasteiger partial charge in [-0.25, -0.2) is 4.79 Å². The van der Waals surface area contributed by atoms with E-state index in [9.17, 15) is 19.5 Å². The van der Waals surface area contributed by atoms with Gasteiger partial charge in [-0.15, -0.1) is 0 Å². The molecule has 1 aromatic rings. The van der Waals surface area contributed by atoms with Gasteiger partial charge >= 0.3 is 5.97 Å². The van der Waals surface area contributed by atoms with E-state index >= 15 is 0 Å². The summed E-state index contributed by atoms with van der Waals surface area (Å²) in [6.45, 7) is 3.51. The summed E-state index contributed by atoms with van der Waals surface area (Å²) < 4.78 is 0. The van der Waals surface area contributed by atoms with Crippen LogP contribution in [0.25, 0.3) is 0 Å². The second-order valence-corrected chi connectivity index (χ2v) is 6.04. The predicted octanol–water partition coefficient (Wildman–Crippen LogP) is 0.288. The van der Waals surface area contributed by atoms with E-state index < -0.39 is 29.9 Å². The van der Waals surface area contributed by atoms with Crippen molar-refractivity contribution in [2.24, 2.45) is 11.7 Å². The van der Waals surface area contributed by atoms with Crippen molar-refractivity contribution in [3.63, 3.8) is 0 Å². The lowest BCUT2D eigenvalue weighted by Gasteiger charge is -2.22. The molecular weight excluding hydrogens is 310 g/mol. The van der Waals surface area contributed by atoms with Gasteiger partial charge in [0.2, 0.25) is 11.8 Å². The molecule has 0 heterocycles. The van der Waals surface area contributed by atoms with Gasteiger partial charge in [-0.2, -0.15) is 0 Å². The summed E-state index contributed by atoms with van der Waals surface area (Å²) in [5.41, 5.74) is 6.14. The number of nitrogens with one attached hydrogen (secondary N) is 2. The number of benzene rings is 1. The molecule has 0 aromatic heterocycles. The number of amides is 2. The second kappa shape index (κ2) is 9.67. The lowest BCUT2D eigenvalue weighted by molar-refractivity contribution is -0.142. The molecule has 0 spiro atoms. The van der Waals surface area contributed by atoms with Crippen LogP contribution in [0.4, 0.5) is 0 Å². The standard InChI is InChI=1S/C17H25N3O4/c1-11(2)8-14(17(23)24)20-16(22)13(19-15(21)10-18)9-12-6-4-3-5-7-12/h3-7,11,13-14H,8-10,18H2,1-2H3,(H,19,21)(H,20,22)(H,23,24). The first-order chi connectivity index (χ1) is 11.3. The fourth-order valence-corrected chi connectivity index (χ4v) is 2.28. The van der Waals surface area contributed by atoms with E-state index in [1.807, 2.05) is 44.2 Å². The number of hydrogen-bond acceptors (Lipinski definition) is 4. The smallest absolute Gasteiger partial charge is 0.326 e. The van der Waals surface area contributed by atoms with E-state index in [-0.39, 0.29) is 18.9 Å². The first kappa shape index (κ1) is 19.6. The van der Waals surface area contributed by atoms with Crippen LogP contribution in [0.5, 0.6) is 0 Å². The highest BCUT2D eigenvalue weighted by Gasteiger charge is 2.27. The van der Waals surface area contributed by atoms with Crippen molar-refractivity contribution >= 4 is 17.8 Å². The van der Waals surface area contributed by atoms with Gasteiger partial charge in [-0.3, -0.25) is 9.59 Å². The Kier molecular flexibility index (Phi) is 7.91. The Labute approximate surface area is 141 Å². The van der Waals surface area contributed by atoms with Crippen molar-refractivity contribution in [3.8, 4) is 0 Å². The molecule has 2 unspecified atom stereocenters. The zero-order valence-electron chi connectivity index (χ0n) is 14.0. The molecule has 132 valence electrons. The Morgan fingerprint density at radius 1 is 1.08 bits per heavy atom. The van der Waals surface area contributed by atoms with Crippen LogP contribution >= 0.6 is 0 Å². The van der Waals surface area contributed by atoms with E-state index in [0.717, 1.165) is 5.56 Å². The number of nitrogens with two attached hydrogens (primary N) is 1. The number of carbonyl (C=O) groups is 3. The molecule has 0 fully saturated rings. The van der Waals surface area contributed by atoms with Gasteiger partial charge in [0.05, 0.1) is 6.54 Å². The normalized spacial score (nSPS) is 13.2. The third-order valence-corrected chi connectivity index (χ3v) is 3.44. The molecule has 1 aromatic carbocycles. The molecule has 0 saturated heterocycles. The van der Waals surface area contributed by atoms with E-state index in [4.69, 9.17) is 5.73 Å². The maximum atomic E-state index is 12.5. The van der Waals surface area contributed by atoms with Crippen LogP contribution < -0.4 is 16.4 Å². The van der Waals surface area contributed by atoms with Crippen LogP contribution in [0, 0.1) is 5.92 Å². The third kappa shape index (κ3) is 6.78. The molecule has 0 saturated carbocycles. The van der Waals surface area contributed by atoms with Crippen LogP contribution in [0.2, 0.25) is 0 Å². The number of hydrogen-bond donors (Lipinski definition) is 4. The summed E-state index contributed by atoms with van der Waals surface area (Å²) >= 11 is 0. The third-order valence-electron chi connectivity index (χ3n) is 3.44. The van der Waals surface area contributed by atoms with Crippen molar-refractivity contribution in [1.82, 2.24) is 10.6 Å². The molecule has 2 atom stereocenters. The van der Waals surface area contributed by atoms with Crippen molar-refractivity contribution in [1.29, 1.82) is 0 Å². The summed E-state index contributed by atoms with van der Waals surface area (Å²) in [6, 6.07) is 7.29. The highest BCUT2D eigenvalue weighted by Crippen LogP contribution is 2.07. The summed E-state index contributed by atoms with van der Waals surface area (Å²) in [4.78, 5) is 35.4. The minimum absolute atomic E-state index is 0.109. The maximum absolute atomic E-state index is 12.5. The van der Waals surface area contributed by atoms with Gasteiger partial charge in [-0.05, 0) is 17.9 Å². The Balaban J connectivity index is 2.85. The van der Waals surface area contributed by atoms with Crippen LogP contribution in [0.3, 0.4) is 0 Å².